The number of aromatic amines is 1. The minimum atomic E-state index is -0.563. The number of carbonyl (C=O) groups excluding carboxylic acids is 1. The molecule has 1 atom stereocenters. The van der Waals surface area contributed by atoms with Gasteiger partial charge in [-0.3, -0.25) is 0 Å². The molecule has 0 bridgehead atoms. The normalized spacial score (nSPS) is 16.4. The number of amides is 1. The molecule has 1 unspecified atom stereocenters. The number of hydrogen-bond donors (Lipinski definition) is 3. The summed E-state index contributed by atoms with van der Waals surface area (Å²) in [7, 11) is 0. The van der Waals surface area contributed by atoms with Gasteiger partial charge in [0.25, 0.3) is 0 Å². The van der Waals surface area contributed by atoms with Gasteiger partial charge in [0, 0.05) is 5.69 Å². The molecule has 0 radical (unpaired) electrons. The summed E-state index contributed by atoms with van der Waals surface area (Å²) >= 11 is 0. The maximum atomic E-state index is 11.8. The lowest BCUT2D eigenvalue weighted by molar-refractivity contribution is 0.0478. The largest absolute Gasteiger partial charge is 0.444 e. The number of nitrogens with one attached hydrogen (secondary N) is 2. The maximum Gasteiger partial charge on any atom is 0.408 e. The third-order valence-electron chi connectivity index (χ3n) is 3.18. The fourth-order valence-electron chi connectivity index (χ4n) is 2.29. The summed E-state index contributed by atoms with van der Waals surface area (Å²) in [5, 5.41) is 12.1. The summed E-state index contributed by atoms with van der Waals surface area (Å²) in [6, 6.07) is -0.560. The van der Waals surface area contributed by atoms with E-state index in [9.17, 15) is 9.90 Å². The first-order valence-corrected chi connectivity index (χ1v) is 7.07. The fourth-order valence-corrected chi connectivity index (χ4v) is 2.29. The second kappa shape index (κ2) is 5.83. The van der Waals surface area contributed by atoms with E-state index < -0.39 is 17.7 Å². The molecule has 0 spiro atoms. The summed E-state index contributed by atoms with van der Waals surface area (Å²) in [5.74, 6) is 0.602. The van der Waals surface area contributed by atoms with Crippen molar-refractivity contribution in [2.75, 3.05) is 6.61 Å². The van der Waals surface area contributed by atoms with Crippen LogP contribution < -0.4 is 5.32 Å². The second-order valence-corrected chi connectivity index (χ2v) is 6.14. The molecule has 1 aromatic rings. The Balaban J connectivity index is 2.04. The van der Waals surface area contributed by atoms with E-state index in [0.29, 0.717) is 5.82 Å². The van der Waals surface area contributed by atoms with E-state index >= 15 is 0 Å². The van der Waals surface area contributed by atoms with Gasteiger partial charge in [-0.05, 0) is 46.5 Å². The van der Waals surface area contributed by atoms with Crippen molar-refractivity contribution in [3.63, 3.8) is 0 Å². The highest BCUT2D eigenvalue weighted by Gasteiger charge is 2.24. The van der Waals surface area contributed by atoms with E-state index in [1.165, 1.54) is 0 Å². The Morgan fingerprint density at radius 3 is 2.75 bits per heavy atom. The monoisotopic (exact) mass is 281 g/mol. The number of fused-ring (bicyclic) bond motifs is 1. The van der Waals surface area contributed by atoms with Gasteiger partial charge < -0.3 is 20.1 Å². The molecule has 1 aliphatic rings. The molecule has 0 aliphatic heterocycles. The minimum absolute atomic E-state index is 0.217. The Bertz CT molecular complexity index is 453. The van der Waals surface area contributed by atoms with E-state index in [0.717, 1.165) is 37.1 Å². The lowest BCUT2D eigenvalue weighted by atomic mass is 10.0. The average molecular weight is 281 g/mol. The number of imidazole rings is 1. The summed E-state index contributed by atoms with van der Waals surface area (Å²) in [4.78, 5) is 19.5. The number of alkyl carbamates (subject to hydrolysis) is 1. The number of aliphatic hydroxyl groups excluding tert-OH is 1. The third kappa shape index (κ3) is 3.72. The van der Waals surface area contributed by atoms with E-state index in [4.69, 9.17) is 4.74 Å². The standard InChI is InChI=1S/C14H23N3O3/c1-14(2,3)20-13(19)17-11(8-18)12-15-9-6-4-5-7-10(9)16-12/h11,18H,4-8H2,1-3H3,(H,15,16)(H,17,19). The van der Waals surface area contributed by atoms with Crippen LogP contribution in [0.5, 0.6) is 0 Å². The molecule has 112 valence electrons. The van der Waals surface area contributed by atoms with Crippen LogP contribution in [0.15, 0.2) is 0 Å². The highest BCUT2D eigenvalue weighted by Crippen LogP contribution is 2.21. The molecule has 20 heavy (non-hydrogen) atoms. The quantitative estimate of drug-likeness (QED) is 0.789. The van der Waals surface area contributed by atoms with Crippen LogP contribution in [0.4, 0.5) is 4.79 Å². The van der Waals surface area contributed by atoms with E-state index in [1.807, 2.05) is 0 Å². The predicted octanol–water partition coefficient (Wildman–Crippen LogP) is 1.85. The average Bonchev–Trinajstić information content (AvgIpc) is 2.77. The predicted molar refractivity (Wildman–Crippen MR) is 74.4 cm³/mol. The molecule has 0 saturated heterocycles. The Labute approximate surface area is 118 Å². The van der Waals surface area contributed by atoms with Gasteiger partial charge in [0.15, 0.2) is 0 Å². The molecule has 6 heteroatoms. The molecule has 6 nitrogen and oxygen atoms in total. The van der Waals surface area contributed by atoms with Crippen LogP contribution in [-0.2, 0) is 17.6 Å². The Morgan fingerprint density at radius 1 is 1.45 bits per heavy atom. The Hall–Kier alpha value is -1.56. The molecular formula is C14H23N3O3. The van der Waals surface area contributed by atoms with Gasteiger partial charge in [-0.1, -0.05) is 0 Å². The molecule has 3 N–H and O–H groups in total. The summed E-state index contributed by atoms with van der Waals surface area (Å²) < 4.78 is 5.19. The van der Waals surface area contributed by atoms with Crippen molar-refractivity contribution >= 4 is 6.09 Å². The number of aryl methyl sites for hydroxylation is 2. The number of aromatic nitrogens is 2. The van der Waals surface area contributed by atoms with Gasteiger partial charge in [0.1, 0.15) is 17.5 Å². The molecule has 2 rings (SSSR count). The number of H-pyrrole nitrogens is 1. The zero-order valence-electron chi connectivity index (χ0n) is 12.3. The van der Waals surface area contributed by atoms with E-state index in [1.54, 1.807) is 20.8 Å². The Morgan fingerprint density at radius 2 is 2.15 bits per heavy atom. The zero-order valence-corrected chi connectivity index (χ0v) is 12.3. The molecule has 0 fully saturated rings. The highest BCUT2D eigenvalue weighted by atomic mass is 16.6. The van der Waals surface area contributed by atoms with Gasteiger partial charge in [-0.15, -0.1) is 0 Å². The van der Waals surface area contributed by atoms with Crippen molar-refractivity contribution in [3.8, 4) is 0 Å². The first-order valence-electron chi connectivity index (χ1n) is 7.07. The molecule has 0 aromatic carbocycles. The molecule has 1 heterocycles. The number of hydrogen-bond acceptors (Lipinski definition) is 4. The van der Waals surface area contributed by atoms with Gasteiger partial charge in [-0.2, -0.15) is 0 Å². The SMILES string of the molecule is CC(C)(C)OC(=O)NC(CO)c1nc2c([nH]1)CCCC2. The van der Waals surface area contributed by atoms with Crippen molar-refractivity contribution in [1.82, 2.24) is 15.3 Å². The van der Waals surface area contributed by atoms with Crippen LogP contribution >= 0.6 is 0 Å². The van der Waals surface area contributed by atoms with Crippen LogP contribution in [0.25, 0.3) is 0 Å². The molecule has 1 aliphatic carbocycles. The van der Waals surface area contributed by atoms with Crippen molar-refractivity contribution in [2.24, 2.45) is 0 Å². The van der Waals surface area contributed by atoms with Crippen molar-refractivity contribution in [3.05, 3.63) is 17.2 Å². The fraction of sp³-hybridized carbons (Fsp3) is 0.714. The van der Waals surface area contributed by atoms with E-state index in [2.05, 4.69) is 15.3 Å². The summed E-state index contributed by atoms with van der Waals surface area (Å²) in [6.45, 7) is 5.18. The van der Waals surface area contributed by atoms with Gasteiger partial charge in [0.05, 0.1) is 12.3 Å². The van der Waals surface area contributed by atoms with Gasteiger partial charge >= 0.3 is 6.09 Å². The van der Waals surface area contributed by atoms with Gasteiger partial charge in [-0.25, -0.2) is 9.78 Å². The highest BCUT2D eigenvalue weighted by molar-refractivity contribution is 5.68. The zero-order chi connectivity index (χ0) is 14.8. The number of ether oxygens (including phenoxy) is 1. The molecule has 1 aromatic heterocycles. The van der Waals surface area contributed by atoms with Crippen LogP contribution in [0.1, 0.15) is 56.9 Å². The number of nitrogens with zero attached hydrogens (tertiary/aromatic N) is 1. The second-order valence-electron chi connectivity index (χ2n) is 6.14. The lowest BCUT2D eigenvalue weighted by Gasteiger charge is -2.22. The maximum absolute atomic E-state index is 11.8. The molecule has 1 amide bonds. The van der Waals surface area contributed by atoms with Crippen LogP contribution in [-0.4, -0.2) is 33.4 Å². The first kappa shape index (κ1) is 14.8. The molecular weight excluding hydrogens is 258 g/mol. The van der Waals surface area contributed by atoms with E-state index in [-0.39, 0.29) is 6.61 Å². The molecule has 0 saturated carbocycles. The smallest absolute Gasteiger partial charge is 0.408 e. The lowest BCUT2D eigenvalue weighted by Crippen LogP contribution is -2.36. The minimum Gasteiger partial charge on any atom is -0.444 e. The topological polar surface area (TPSA) is 87.2 Å². The third-order valence-corrected chi connectivity index (χ3v) is 3.18. The number of aliphatic hydroxyl groups is 1. The van der Waals surface area contributed by atoms with Crippen LogP contribution in [0, 0.1) is 0 Å². The van der Waals surface area contributed by atoms with Gasteiger partial charge in [0.2, 0.25) is 0 Å². The summed E-state index contributed by atoms with van der Waals surface area (Å²) in [5.41, 5.74) is 1.61. The first-order chi connectivity index (χ1) is 9.39. The Kier molecular flexibility index (Phi) is 4.32. The van der Waals surface area contributed by atoms with Crippen molar-refractivity contribution < 1.29 is 14.6 Å². The van der Waals surface area contributed by atoms with Crippen molar-refractivity contribution in [1.29, 1.82) is 0 Å². The summed E-state index contributed by atoms with van der Waals surface area (Å²) in [6.07, 6.45) is 3.67. The number of carbonyl (C=O) groups is 1. The van der Waals surface area contributed by atoms with Crippen molar-refractivity contribution in [2.45, 2.75) is 58.1 Å². The van der Waals surface area contributed by atoms with Crippen LogP contribution in [0.3, 0.4) is 0 Å². The van der Waals surface area contributed by atoms with Crippen LogP contribution in [0.2, 0.25) is 0 Å². The number of rotatable bonds is 3.